The molecule has 1 aromatic rings. The summed E-state index contributed by atoms with van der Waals surface area (Å²) < 4.78 is 7.60. The van der Waals surface area contributed by atoms with Gasteiger partial charge in [0.2, 0.25) is 0 Å². The Morgan fingerprint density at radius 1 is 1.30 bits per heavy atom. The van der Waals surface area contributed by atoms with Crippen molar-refractivity contribution in [3.8, 4) is 0 Å². The Labute approximate surface area is 138 Å². The van der Waals surface area contributed by atoms with Crippen LogP contribution >= 0.6 is 0 Å². The molecular formula is C17H29N5O. The standard InChI is InChI=1S/C17H29N5O/c1-13(2)22-16(9-21-12-18-11-19-21)7-14-8-20(5-3-17(14)22)15-4-6-23-10-15/h11-17H,3-10H2,1-2H3/t14-,15+,16+,17+/m1/s1. The lowest BCUT2D eigenvalue weighted by Crippen LogP contribution is -2.52. The Balaban J connectivity index is 1.46. The Hall–Kier alpha value is -0.980. The third-order valence-corrected chi connectivity index (χ3v) is 5.99. The first-order valence-corrected chi connectivity index (χ1v) is 9.14. The van der Waals surface area contributed by atoms with Crippen LogP contribution in [0.2, 0.25) is 0 Å². The van der Waals surface area contributed by atoms with Gasteiger partial charge in [-0.2, -0.15) is 5.10 Å². The van der Waals surface area contributed by atoms with Gasteiger partial charge >= 0.3 is 0 Å². The summed E-state index contributed by atoms with van der Waals surface area (Å²) in [5.41, 5.74) is 0. The fourth-order valence-electron chi connectivity index (χ4n) is 5.07. The van der Waals surface area contributed by atoms with E-state index in [4.69, 9.17) is 4.74 Å². The highest BCUT2D eigenvalue weighted by molar-refractivity contribution is 5.00. The van der Waals surface area contributed by atoms with Crippen LogP contribution in [0.1, 0.15) is 33.1 Å². The molecule has 3 aliphatic heterocycles. The maximum atomic E-state index is 5.60. The molecule has 6 nitrogen and oxygen atoms in total. The van der Waals surface area contributed by atoms with Crippen molar-refractivity contribution in [2.45, 2.75) is 63.8 Å². The SMILES string of the molecule is CC(C)N1[C@H](Cn2cncn2)C[C@@H]2CN([C@H]3CCOC3)CC[C@@H]21. The van der Waals surface area contributed by atoms with E-state index in [2.05, 4.69) is 33.7 Å². The predicted molar refractivity (Wildman–Crippen MR) is 88.1 cm³/mol. The van der Waals surface area contributed by atoms with Crippen molar-refractivity contribution in [2.75, 3.05) is 26.3 Å². The second kappa shape index (κ2) is 6.49. The quantitative estimate of drug-likeness (QED) is 0.836. The molecule has 0 bridgehead atoms. The molecule has 0 saturated carbocycles. The van der Waals surface area contributed by atoms with Crippen LogP contribution in [0.25, 0.3) is 0 Å². The zero-order valence-electron chi connectivity index (χ0n) is 14.3. The summed E-state index contributed by atoms with van der Waals surface area (Å²) in [6, 6.07) is 2.59. The molecule has 3 aliphatic rings. The van der Waals surface area contributed by atoms with Crippen molar-refractivity contribution in [1.82, 2.24) is 24.6 Å². The minimum absolute atomic E-state index is 0.589. The van der Waals surface area contributed by atoms with Gasteiger partial charge < -0.3 is 4.74 Å². The number of piperidine rings is 1. The average molecular weight is 319 g/mol. The Morgan fingerprint density at radius 2 is 2.22 bits per heavy atom. The highest BCUT2D eigenvalue weighted by Gasteiger charge is 2.45. The molecule has 0 aliphatic carbocycles. The van der Waals surface area contributed by atoms with Crippen LogP contribution in [0, 0.1) is 5.92 Å². The number of likely N-dealkylation sites (tertiary alicyclic amines) is 2. The molecule has 23 heavy (non-hydrogen) atoms. The van der Waals surface area contributed by atoms with Crippen molar-refractivity contribution < 1.29 is 4.74 Å². The van der Waals surface area contributed by atoms with Crippen molar-refractivity contribution >= 4 is 0 Å². The van der Waals surface area contributed by atoms with Crippen LogP contribution in [0.15, 0.2) is 12.7 Å². The van der Waals surface area contributed by atoms with Crippen LogP contribution in [-0.4, -0.2) is 75.0 Å². The van der Waals surface area contributed by atoms with E-state index in [1.807, 2.05) is 11.0 Å². The van der Waals surface area contributed by atoms with E-state index in [1.54, 1.807) is 6.33 Å². The predicted octanol–water partition coefficient (Wildman–Crippen LogP) is 1.24. The van der Waals surface area contributed by atoms with Gasteiger partial charge in [0.25, 0.3) is 0 Å². The van der Waals surface area contributed by atoms with Crippen LogP contribution < -0.4 is 0 Å². The summed E-state index contributed by atoms with van der Waals surface area (Å²) in [5.74, 6) is 0.792. The summed E-state index contributed by atoms with van der Waals surface area (Å²) in [4.78, 5) is 9.56. The number of hydrogen-bond acceptors (Lipinski definition) is 5. The van der Waals surface area contributed by atoms with Gasteiger partial charge in [-0.05, 0) is 39.0 Å². The molecule has 4 atom stereocenters. The van der Waals surface area contributed by atoms with Gasteiger partial charge in [-0.1, -0.05) is 0 Å². The fraction of sp³-hybridized carbons (Fsp3) is 0.882. The molecule has 0 amide bonds. The smallest absolute Gasteiger partial charge is 0.137 e. The van der Waals surface area contributed by atoms with Crippen molar-refractivity contribution in [3.63, 3.8) is 0 Å². The summed E-state index contributed by atoms with van der Waals surface area (Å²) in [6.45, 7) is 10.0. The van der Waals surface area contributed by atoms with Gasteiger partial charge in [0.1, 0.15) is 12.7 Å². The zero-order chi connectivity index (χ0) is 15.8. The number of nitrogens with zero attached hydrogens (tertiary/aromatic N) is 5. The Kier molecular flexibility index (Phi) is 4.39. The van der Waals surface area contributed by atoms with E-state index in [-0.39, 0.29) is 0 Å². The third-order valence-electron chi connectivity index (χ3n) is 5.99. The van der Waals surface area contributed by atoms with Crippen LogP contribution in [0.3, 0.4) is 0 Å². The van der Waals surface area contributed by atoms with Crippen LogP contribution in [0.5, 0.6) is 0 Å². The van der Waals surface area contributed by atoms with Gasteiger partial charge in [0.15, 0.2) is 0 Å². The zero-order valence-corrected chi connectivity index (χ0v) is 14.3. The fourth-order valence-corrected chi connectivity index (χ4v) is 5.07. The van der Waals surface area contributed by atoms with Crippen LogP contribution in [-0.2, 0) is 11.3 Å². The highest BCUT2D eigenvalue weighted by atomic mass is 16.5. The molecule has 1 aromatic heterocycles. The lowest BCUT2D eigenvalue weighted by atomic mass is 9.91. The number of aromatic nitrogens is 3. The Morgan fingerprint density at radius 3 is 2.91 bits per heavy atom. The molecule has 0 aromatic carbocycles. The molecular weight excluding hydrogens is 290 g/mol. The molecule has 0 N–H and O–H groups in total. The maximum absolute atomic E-state index is 5.60. The van der Waals surface area contributed by atoms with Crippen molar-refractivity contribution in [3.05, 3.63) is 12.7 Å². The molecule has 128 valence electrons. The number of hydrogen-bond donors (Lipinski definition) is 0. The average Bonchev–Trinajstić information content (AvgIpc) is 3.27. The van der Waals surface area contributed by atoms with E-state index in [0.717, 1.165) is 31.7 Å². The van der Waals surface area contributed by atoms with Gasteiger partial charge in [0.05, 0.1) is 13.2 Å². The maximum Gasteiger partial charge on any atom is 0.137 e. The monoisotopic (exact) mass is 319 g/mol. The molecule has 0 radical (unpaired) electrons. The van der Waals surface area contributed by atoms with Gasteiger partial charge in [-0.15, -0.1) is 0 Å². The van der Waals surface area contributed by atoms with E-state index in [9.17, 15) is 0 Å². The molecule has 6 heteroatoms. The molecule has 3 saturated heterocycles. The van der Waals surface area contributed by atoms with E-state index in [1.165, 1.54) is 32.4 Å². The van der Waals surface area contributed by atoms with Gasteiger partial charge in [-0.25, -0.2) is 4.98 Å². The van der Waals surface area contributed by atoms with E-state index < -0.39 is 0 Å². The first kappa shape index (κ1) is 15.5. The van der Waals surface area contributed by atoms with Gasteiger partial charge in [-0.3, -0.25) is 14.5 Å². The largest absolute Gasteiger partial charge is 0.380 e. The van der Waals surface area contributed by atoms with Crippen molar-refractivity contribution in [1.29, 1.82) is 0 Å². The summed E-state index contributed by atoms with van der Waals surface area (Å²) in [6.07, 6.45) is 7.29. The highest BCUT2D eigenvalue weighted by Crippen LogP contribution is 2.38. The summed E-state index contributed by atoms with van der Waals surface area (Å²) >= 11 is 0. The summed E-state index contributed by atoms with van der Waals surface area (Å²) in [7, 11) is 0. The van der Waals surface area contributed by atoms with E-state index in [0.29, 0.717) is 18.1 Å². The molecule has 0 spiro atoms. The minimum atomic E-state index is 0.589. The molecule has 3 fully saturated rings. The summed E-state index contributed by atoms with van der Waals surface area (Å²) in [5, 5.41) is 4.32. The van der Waals surface area contributed by atoms with E-state index >= 15 is 0 Å². The Bertz CT molecular complexity index is 499. The molecule has 0 unspecified atom stereocenters. The second-order valence-electron chi connectivity index (χ2n) is 7.68. The topological polar surface area (TPSA) is 46.4 Å². The lowest BCUT2D eigenvalue weighted by Gasteiger charge is -2.42. The third kappa shape index (κ3) is 3.04. The normalized spacial score (nSPS) is 36.0. The second-order valence-corrected chi connectivity index (χ2v) is 7.68. The first-order chi connectivity index (χ1) is 11.2. The number of ether oxygens (including phenoxy) is 1. The molecule has 4 heterocycles. The lowest BCUT2D eigenvalue weighted by molar-refractivity contribution is 0.0518. The first-order valence-electron chi connectivity index (χ1n) is 9.14. The molecule has 4 rings (SSSR count). The number of fused-ring (bicyclic) bond motifs is 1. The minimum Gasteiger partial charge on any atom is -0.380 e. The van der Waals surface area contributed by atoms with Crippen molar-refractivity contribution in [2.24, 2.45) is 5.92 Å². The van der Waals surface area contributed by atoms with Gasteiger partial charge in [0, 0.05) is 43.9 Å². The number of rotatable bonds is 4. The van der Waals surface area contributed by atoms with Crippen LogP contribution in [0.4, 0.5) is 0 Å².